The minimum absolute atomic E-state index is 0.134. The summed E-state index contributed by atoms with van der Waals surface area (Å²) in [6, 6.07) is 3.45. The standard InChI is InChI=1S/C7H5F3IN/c8-7(9,10)4-1-5(11)3-6(12)2-4/h1-3H,12H2. The molecule has 1 aromatic carbocycles. The molecule has 1 nitrogen and oxygen atoms in total. The lowest BCUT2D eigenvalue weighted by Crippen LogP contribution is -2.05. The van der Waals surface area contributed by atoms with Crippen molar-refractivity contribution in [2.24, 2.45) is 0 Å². The molecule has 0 aliphatic heterocycles. The Bertz CT molecular complexity index is 275. The topological polar surface area (TPSA) is 26.0 Å². The van der Waals surface area contributed by atoms with Gasteiger partial charge in [-0.25, -0.2) is 0 Å². The predicted molar refractivity (Wildman–Crippen MR) is 48.6 cm³/mol. The maximum atomic E-state index is 12.1. The molecule has 0 atom stereocenters. The van der Waals surface area contributed by atoms with E-state index in [2.05, 4.69) is 0 Å². The summed E-state index contributed by atoms with van der Waals surface area (Å²) >= 11 is 1.79. The van der Waals surface area contributed by atoms with Gasteiger partial charge in [0.2, 0.25) is 0 Å². The molecule has 0 radical (unpaired) electrons. The predicted octanol–water partition coefficient (Wildman–Crippen LogP) is 2.89. The number of hydrogen-bond donors (Lipinski definition) is 1. The van der Waals surface area contributed by atoms with Gasteiger partial charge in [0.15, 0.2) is 0 Å². The maximum Gasteiger partial charge on any atom is 0.416 e. The first kappa shape index (κ1) is 9.63. The highest BCUT2D eigenvalue weighted by atomic mass is 127. The Morgan fingerprint density at radius 3 is 2.17 bits per heavy atom. The van der Waals surface area contributed by atoms with Crippen LogP contribution in [0.25, 0.3) is 0 Å². The molecule has 66 valence electrons. The summed E-state index contributed by atoms with van der Waals surface area (Å²) < 4.78 is 36.8. The normalized spacial score (nSPS) is 11.7. The lowest BCUT2D eigenvalue weighted by atomic mass is 10.2. The van der Waals surface area contributed by atoms with E-state index in [0.29, 0.717) is 3.57 Å². The molecule has 0 aliphatic rings. The maximum absolute atomic E-state index is 12.1. The van der Waals surface area contributed by atoms with Crippen LogP contribution in [-0.4, -0.2) is 0 Å². The summed E-state index contributed by atoms with van der Waals surface area (Å²) in [7, 11) is 0. The molecule has 0 saturated carbocycles. The van der Waals surface area contributed by atoms with Gasteiger partial charge in [-0.05, 0) is 40.8 Å². The van der Waals surface area contributed by atoms with E-state index in [-0.39, 0.29) is 5.69 Å². The second kappa shape index (κ2) is 3.12. The molecule has 0 spiro atoms. The van der Waals surface area contributed by atoms with Gasteiger partial charge in [-0.2, -0.15) is 13.2 Å². The van der Waals surface area contributed by atoms with Crippen LogP contribution in [0.3, 0.4) is 0 Å². The third-order valence-corrected chi connectivity index (χ3v) is 1.87. The van der Waals surface area contributed by atoms with Gasteiger partial charge in [-0.3, -0.25) is 0 Å². The van der Waals surface area contributed by atoms with Crippen LogP contribution in [0.15, 0.2) is 18.2 Å². The SMILES string of the molecule is Nc1cc(I)cc(C(F)(F)F)c1. The van der Waals surface area contributed by atoms with Gasteiger partial charge in [-0.1, -0.05) is 0 Å². The highest BCUT2D eigenvalue weighted by molar-refractivity contribution is 14.1. The first-order chi connectivity index (χ1) is 5.39. The molecule has 0 heterocycles. The molecule has 2 N–H and O–H groups in total. The summed E-state index contributed by atoms with van der Waals surface area (Å²) in [4.78, 5) is 0. The smallest absolute Gasteiger partial charge is 0.399 e. The molecule has 0 unspecified atom stereocenters. The molecule has 5 heteroatoms. The van der Waals surface area contributed by atoms with Crippen molar-refractivity contribution in [1.82, 2.24) is 0 Å². The van der Waals surface area contributed by atoms with Gasteiger partial charge in [0.05, 0.1) is 5.56 Å². The van der Waals surface area contributed by atoms with Crippen molar-refractivity contribution in [3.05, 3.63) is 27.3 Å². The van der Waals surface area contributed by atoms with E-state index in [4.69, 9.17) is 5.73 Å². The van der Waals surface area contributed by atoms with Crippen molar-refractivity contribution in [2.75, 3.05) is 5.73 Å². The van der Waals surface area contributed by atoms with Crippen LogP contribution in [0.5, 0.6) is 0 Å². The number of benzene rings is 1. The summed E-state index contributed by atoms with van der Waals surface area (Å²) in [6.45, 7) is 0. The number of nitrogen functional groups attached to an aromatic ring is 1. The molecule has 0 aliphatic carbocycles. The lowest BCUT2D eigenvalue weighted by molar-refractivity contribution is -0.137. The summed E-state index contributed by atoms with van der Waals surface area (Å²) in [5.74, 6) is 0. The first-order valence-corrected chi connectivity index (χ1v) is 4.11. The molecular formula is C7H5F3IN. The molecule has 0 bridgehead atoms. The van der Waals surface area contributed by atoms with Crippen LogP contribution in [0.4, 0.5) is 18.9 Å². The summed E-state index contributed by atoms with van der Waals surface area (Å²) in [5.41, 5.74) is 4.68. The van der Waals surface area contributed by atoms with Gasteiger partial charge in [0.1, 0.15) is 0 Å². The summed E-state index contributed by atoms with van der Waals surface area (Å²) in [6.07, 6.45) is -4.31. The van der Waals surface area contributed by atoms with Crippen molar-refractivity contribution < 1.29 is 13.2 Å². The van der Waals surface area contributed by atoms with Crippen molar-refractivity contribution in [2.45, 2.75) is 6.18 Å². The third-order valence-electron chi connectivity index (χ3n) is 1.25. The summed E-state index contributed by atoms with van der Waals surface area (Å²) in [5, 5.41) is 0. The number of rotatable bonds is 0. The molecule has 0 fully saturated rings. The number of hydrogen-bond acceptors (Lipinski definition) is 1. The fourth-order valence-corrected chi connectivity index (χ4v) is 1.47. The largest absolute Gasteiger partial charge is 0.416 e. The Labute approximate surface area is 80.9 Å². The quantitative estimate of drug-likeness (QED) is 0.576. The highest BCUT2D eigenvalue weighted by Crippen LogP contribution is 2.31. The Hall–Kier alpha value is -0.460. The van der Waals surface area contributed by atoms with E-state index >= 15 is 0 Å². The van der Waals surface area contributed by atoms with Crippen LogP contribution in [0.2, 0.25) is 0 Å². The van der Waals surface area contributed by atoms with Crippen molar-refractivity contribution >= 4 is 28.3 Å². The molecule has 12 heavy (non-hydrogen) atoms. The molecule has 1 aromatic rings. The van der Waals surface area contributed by atoms with Crippen LogP contribution >= 0.6 is 22.6 Å². The Kier molecular flexibility index (Phi) is 2.50. The Morgan fingerprint density at radius 1 is 1.17 bits per heavy atom. The van der Waals surface area contributed by atoms with Crippen LogP contribution < -0.4 is 5.73 Å². The van der Waals surface area contributed by atoms with Crippen molar-refractivity contribution in [1.29, 1.82) is 0 Å². The van der Waals surface area contributed by atoms with Crippen LogP contribution in [-0.2, 0) is 6.18 Å². The van der Waals surface area contributed by atoms with Gasteiger partial charge < -0.3 is 5.73 Å². The average Bonchev–Trinajstić information content (AvgIpc) is 1.82. The molecule has 0 saturated heterocycles. The third kappa shape index (κ3) is 2.26. The van der Waals surface area contributed by atoms with Crippen molar-refractivity contribution in [3.8, 4) is 0 Å². The molecular weight excluding hydrogens is 282 g/mol. The lowest BCUT2D eigenvalue weighted by Gasteiger charge is -2.07. The molecule has 0 amide bonds. The Morgan fingerprint density at radius 2 is 1.75 bits per heavy atom. The van der Waals surface area contributed by atoms with Gasteiger partial charge in [0.25, 0.3) is 0 Å². The Balaban J connectivity index is 3.18. The molecule has 0 aromatic heterocycles. The zero-order valence-corrected chi connectivity index (χ0v) is 7.98. The van der Waals surface area contributed by atoms with E-state index in [1.165, 1.54) is 6.07 Å². The number of alkyl halides is 3. The molecule has 1 rings (SSSR count). The van der Waals surface area contributed by atoms with Crippen LogP contribution in [0.1, 0.15) is 5.56 Å². The van der Waals surface area contributed by atoms with E-state index in [9.17, 15) is 13.2 Å². The fraction of sp³-hybridized carbons (Fsp3) is 0.143. The van der Waals surface area contributed by atoms with E-state index < -0.39 is 11.7 Å². The van der Waals surface area contributed by atoms with E-state index in [1.807, 2.05) is 0 Å². The van der Waals surface area contributed by atoms with Gasteiger partial charge >= 0.3 is 6.18 Å². The second-order valence-corrected chi connectivity index (χ2v) is 3.52. The minimum atomic E-state index is -4.31. The number of anilines is 1. The second-order valence-electron chi connectivity index (χ2n) is 2.27. The van der Waals surface area contributed by atoms with E-state index in [0.717, 1.165) is 12.1 Å². The van der Waals surface area contributed by atoms with Gasteiger partial charge in [-0.15, -0.1) is 0 Å². The minimum Gasteiger partial charge on any atom is -0.399 e. The average molecular weight is 287 g/mol. The monoisotopic (exact) mass is 287 g/mol. The zero-order chi connectivity index (χ0) is 9.35. The van der Waals surface area contributed by atoms with Crippen molar-refractivity contribution in [3.63, 3.8) is 0 Å². The number of nitrogens with two attached hydrogens (primary N) is 1. The zero-order valence-electron chi connectivity index (χ0n) is 5.82. The first-order valence-electron chi connectivity index (χ1n) is 3.03. The van der Waals surface area contributed by atoms with E-state index in [1.54, 1.807) is 22.6 Å². The highest BCUT2D eigenvalue weighted by Gasteiger charge is 2.30. The van der Waals surface area contributed by atoms with Gasteiger partial charge in [0, 0.05) is 9.26 Å². The van der Waals surface area contributed by atoms with Crippen LogP contribution in [0, 0.1) is 3.57 Å². The number of halogens is 4. The fourth-order valence-electron chi connectivity index (χ4n) is 0.776.